The monoisotopic (exact) mass is 246 g/mol. The van der Waals surface area contributed by atoms with Crippen LogP contribution in [0.25, 0.3) is 10.1 Å². The molecule has 2 atom stereocenters. The minimum Gasteiger partial charge on any atom is -0.378 e. The van der Waals surface area contributed by atoms with Gasteiger partial charge in [-0.2, -0.15) is 0 Å². The van der Waals surface area contributed by atoms with Crippen LogP contribution in [0.3, 0.4) is 0 Å². The van der Waals surface area contributed by atoms with Crippen molar-refractivity contribution in [2.24, 2.45) is 5.92 Å². The van der Waals surface area contributed by atoms with Gasteiger partial charge in [0.2, 0.25) is 0 Å². The van der Waals surface area contributed by atoms with E-state index < -0.39 is 0 Å². The van der Waals surface area contributed by atoms with Crippen molar-refractivity contribution in [2.45, 2.75) is 19.4 Å². The summed E-state index contributed by atoms with van der Waals surface area (Å²) >= 11 is 1.64. The Morgan fingerprint density at radius 1 is 1.41 bits per heavy atom. The second kappa shape index (κ2) is 4.24. The number of ether oxygens (including phenoxy) is 1. The van der Waals surface area contributed by atoms with Crippen molar-refractivity contribution in [1.29, 1.82) is 0 Å². The van der Waals surface area contributed by atoms with Crippen LogP contribution in [0.15, 0.2) is 29.6 Å². The fraction of sp³-hybridized carbons (Fsp3) is 0.357. The highest BCUT2D eigenvalue weighted by molar-refractivity contribution is 7.17. The summed E-state index contributed by atoms with van der Waals surface area (Å²) in [5.41, 5.74) is 0.868. The zero-order chi connectivity index (χ0) is 11.8. The van der Waals surface area contributed by atoms with E-state index in [0.717, 1.165) is 17.4 Å². The average Bonchev–Trinajstić information content (AvgIpc) is 2.94. The fourth-order valence-corrected chi connectivity index (χ4v) is 3.39. The minimum atomic E-state index is 0.0352. The first kappa shape index (κ1) is 10.9. The van der Waals surface area contributed by atoms with Crippen LogP contribution < -0.4 is 0 Å². The van der Waals surface area contributed by atoms with Gasteiger partial charge in [0.15, 0.2) is 5.78 Å². The highest BCUT2D eigenvalue weighted by Gasteiger charge is 2.32. The van der Waals surface area contributed by atoms with Crippen LogP contribution in [0.2, 0.25) is 0 Å². The molecule has 2 heterocycles. The molecule has 3 rings (SSSR count). The van der Waals surface area contributed by atoms with Crippen molar-refractivity contribution >= 4 is 27.2 Å². The Morgan fingerprint density at radius 3 is 3.00 bits per heavy atom. The maximum Gasteiger partial charge on any atom is 0.170 e. The summed E-state index contributed by atoms with van der Waals surface area (Å²) in [6, 6.07) is 8.08. The molecule has 17 heavy (non-hydrogen) atoms. The molecule has 3 heteroatoms. The quantitative estimate of drug-likeness (QED) is 0.758. The molecule has 0 bridgehead atoms. The summed E-state index contributed by atoms with van der Waals surface area (Å²) in [6.07, 6.45) is 0.908. The van der Waals surface area contributed by atoms with Crippen molar-refractivity contribution in [2.75, 3.05) is 6.61 Å². The second-order valence-electron chi connectivity index (χ2n) is 4.48. The molecule has 2 nitrogen and oxygen atoms in total. The molecule has 2 unspecified atom stereocenters. The average molecular weight is 246 g/mol. The Kier molecular flexibility index (Phi) is 2.73. The van der Waals surface area contributed by atoms with Gasteiger partial charge < -0.3 is 4.74 Å². The Hall–Kier alpha value is -1.19. The van der Waals surface area contributed by atoms with Gasteiger partial charge in [0, 0.05) is 27.6 Å². The molecule has 1 fully saturated rings. The lowest BCUT2D eigenvalue weighted by molar-refractivity contribution is 0.0766. The van der Waals surface area contributed by atoms with E-state index in [1.54, 1.807) is 11.3 Å². The molecule has 0 amide bonds. The number of thiophene rings is 1. The zero-order valence-corrected chi connectivity index (χ0v) is 10.5. The molecule has 0 N–H and O–H groups in total. The predicted molar refractivity (Wildman–Crippen MR) is 69.7 cm³/mol. The Labute approximate surface area is 104 Å². The van der Waals surface area contributed by atoms with E-state index in [0.29, 0.717) is 6.61 Å². The van der Waals surface area contributed by atoms with Crippen molar-refractivity contribution < 1.29 is 9.53 Å². The van der Waals surface area contributed by atoms with Crippen LogP contribution in [-0.2, 0) is 4.74 Å². The first-order valence-electron chi connectivity index (χ1n) is 5.89. The topological polar surface area (TPSA) is 26.3 Å². The Balaban J connectivity index is 2.01. The molecule has 0 saturated carbocycles. The summed E-state index contributed by atoms with van der Waals surface area (Å²) < 4.78 is 6.66. The number of ketones is 1. The Bertz CT molecular complexity index is 558. The van der Waals surface area contributed by atoms with E-state index >= 15 is 0 Å². The number of Topliss-reactive ketones (excluding diaryl/α,β-unsaturated/α-hetero) is 1. The van der Waals surface area contributed by atoms with Gasteiger partial charge in [-0.05, 0) is 19.4 Å². The molecule has 0 aliphatic carbocycles. The van der Waals surface area contributed by atoms with Gasteiger partial charge >= 0.3 is 0 Å². The molecular formula is C14H14O2S. The third kappa shape index (κ3) is 1.79. The minimum absolute atomic E-state index is 0.0352. The number of fused-ring (bicyclic) bond motifs is 1. The van der Waals surface area contributed by atoms with Crippen LogP contribution >= 0.6 is 11.3 Å². The molecule has 0 radical (unpaired) electrons. The zero-order valence-electron chi connectivity index (χ0n) is 9.68. The van der Waals surface area contributed by atoms with Crippen molar-refractivity contribution in [3.05, 3.63) is 35.2 Å². The number of hydrogen-bond donors (Lipinski definition) is 0. The molecule has 1 aliphatic heterocycles. The smallest absolute Gasteiger partial charge is 0.170 e. The lowest BCUT2D eigenvalue weighted by Gasteiger charge is -2.11. The van der Waals surface area contributed by atoms with Crippen molar-refractivity contribution in [3.63, 3.8) is 0 Å². The summed E-state index contributed by atoms with van der Waals surface area (Å²) in [5, 5.41) is 3.07. The molecule has 0 spiro atoms. The first-order valence-corrected chi connectivity index (χ1v) is 6.77. The third-order valence-electron chi connectivity index (χ3n) is 3.46. The SMILES string of the molecule is CC1OCCC1C(=O)c1csc2ccccc12. The van der Waals surface area contributed by atoms with Gasteiger partial charge in [0.1, 0.15) is 0 Å². The molecule has 1 aromatic carbocycles. The van der Waals surface area contributed by atoms with E-state index in [1.807, 2.05) is 30.5 Å². The summed E-state index contributed by atoms with van der Waals surface area (Å²) in [5.74, 6) is 0.278. The van der Waals surface area contributed by atoms with Crippen LogP contribution in [-0.4, -0.2) is 18.5 Å². The lowest BCUT2D eigenvalue weighted by atomic mass is 9.92. The molecule has 88 valence electrons. The number of carbonyl (C=O) groups excluding carboxylic acids is 1. The van der Waals surface area contributed by atoms with E-state index in [-0.39, 0.29) is 17.8 Å². The fourth-order valence-electron chi connectivity index (χ4n) is 2.44. The maximum atomic E-state index is 12.5. The Morgan fingerprint density at radius 2 is 2.24 bits per heavy atom. The second-order valence-corrected chi connectivity index (χ2v) is 5.39. The highest BCUT2D eigenvalue weighted by Crippen LogP contribution is 2.31. The number of rotatable bonds is 2. The van der Waals surface area contributed by atoms with Gasteiger partial charge in [0.25, 0.3) is 0 Å². The van der Waals surface area contributed by atoms with Gasteiger partial charge in [-0.1, -0.05) is 18.2 Å². The van der Waals surface area contributed by atoms with Gasteiger partial charge in [-0.3, -0.25) is 4.79 Å². The number of benzene rings is 1. The maximum absolute atomic E-state index is 12.5. The van der Waals surface area contributed by atoms with E-state index in [9.17, 15) is 4.79 Å². The molecule has 1 saturated heterocycles. The van der Waals surface area contributed by atoms with Crippen LogP contribution in [0.4, 0.5) is 0 Å². The third-order valence-corrected chi connectivity index (χ3v) is 4.42. The van der Waals surface area contributed by atoms with Gasteiger partial charge in [0.05, 0.1) is 12.0 Å². The molecule has 1 aromatic heterocycles. The normalized spacial score (nSPS) is 24.3. The van der Waals surface area contributed by atoms with E-state index in [2.05, 4.69) is 6.07 Å². The number of carbonyl (C=O) groups is 1. The van der Waals surface area contributed by atoms with Crippen molar-refractivity contribution in [3.8, 4) is 0 Å². The van der Waals surface area contributed by atoms with Gasteiger partial charge in [-0.25, -0.2) is 0 Å². The van der Waals surface area contributed by atoms with Crippen LogP contribution in [0.1, 0.15) is 23.7 Å². The van der Waals surface area contributed by atoms with Crippen LogP contribution in [0, 0.1) is 5.92 Å². The summed E-state index contributed by atoms with van der Waals surface area (Å²) in [7, 11) is 0. The van der Waals surface area contributed by atoms with Gasteiger partial charge in [-0.15, -0.1) is 11.3 Å². The first-order chi connectivity index (χ1) is 8.27. The molecule has 1 aliphatic rings. The van der Waals surface area contributed by atoms with E-state index in [1.165, 1.54) is 4.70 Å². The lowest BCUT2D eigenvalue weighted by Crippen LogP contribution is -2.21. The largest absolute Gasteiger partial charge is 0.378 e. The summed E-state index contributed by atoms with van der Waals surface area (Å²) in [6.45, 7) is 2.70. The predicted octanol–water partition coefficient (Wildman–Crippen LogP) is 3.51. The standard InChI is InChI=1S/C14H14O2S/c1-9-10(6-7-16-9)14(15)12-8-17-13-5-3-2-4-11(12)13/h2-5,8-10H,6-7H2,1H3. The number of hydrogen-bond acceptors (Lipinski definition) is 3. The summed E-state index contributed by atoms with van der Waals surface area (Å²) in [4.78, 5) is 12.5. The molecule has 2 aromatic rings. The highest BCUT2D eigenvalue weighted by atomic mass is 32.1. The van der Waals surface area contributed by atoms with E-state index in [4.69, 9.17) is 4.74 Å². The van der Waals surface area contributed by atoms with Crippen LogP contribution in [0.5, 0.6) is 0 Å². The van der Waals surface area contributed by atoms with Crippen molar-refractivity contribution in [1.82, 2.24) is 0 Å². The molecular weight excluding hydrogens is 232 g/mol.